The normalized spacial score (nSPS) is 21.1. The predicted octanol–water partition coefficient (Wildman–Crippen LogP) is 5.87. The Morgan fingerprint density at radius 3 is 2.41 bits per heavy atom. The number of anilines is 1. The number of rotatable bonds is 11. The van der Waals surface area contributed by atoms with E-state index in [1.807, 2.05) is 74.5 Å². The number of nitrogens with zero attached hydrogens (tertiary/aromatic N) is 2. The monoisotopic (exact) mass is 638 g/mol. The third-order valence-electron chi connectivity index (χ3n) is 9.52. The number of hydrogen-bond acceptors (Lipinski definition) is 5. The highest BCUT2D eigenvalue weighted by molar-refractivity contribution is 6.01. The zero-order valence-electron chi connectivity index (χ0n) is 26.8. The quantitative estimate of drug-likeness (QED) is 0.302. The Hall–Kier alpha value is -3.63. The second-order valence-electron chi connectivity index (χ2n) is 12.5. The SMILES string of the molecule is C/C=C\C1=C(C)c2ccccc2C1(CCCCN1CCC(NC(=O)c2ccccc2N2CCOCC2)CC1)C(=O)NCC(F)(F)F. The van der Waals surface area contributed by atoms with Crippen LogP contribution in [0.15, 0.2) is 66.3 Å². The van der Waals surface area contributed by atoms with Gasteiger partial charge >= 0.3 is 6.18 Å². The van der Waals surface area contributed by atoms with Crippen LogP contribution in [0.5, 0.6) is 0 Å². The summed E-state index contributed by atoms with van der Waals surface area (Å²) in [4.78, 5) is 31.6. The van der Waals surface area contributed by atoms with Crippen LogP contribution in [0.2, 0.25) is 0 Å². The van der Waals surface area contributed by atoms with Gasteiger partial charge in [-0.1, -0.05) is 55.0 Å². The Morgan fingerprint density at radius 1 is 1.00 bits per heavy atom. The molecular weight excluding hydrogens is 593 g/mol. The third kappa shape index (κ3) is 7.50. The van der Waals surface area contributed by atoms with Crippen molar-refractivity contribution in [1.82, 2.24) is 15.5 Å². The number of alkyl halides is 3. The van der Waals surface area contributed by atoms with E-state index < -0.39 is 24.0 Å². The Labute approximate surface area is 269 Å². The van der Waals surface area contributed by atoms with Crippen LogP contribution in [-0.4, -0.2) is 81.4 Å². The first-order chi connectivity index (χ1) is 22.1. The van der Waals surface area contributed by atoms with E-state index in [1.165, 1.54) is 0 Å². The number of para-hydroxylation sites is 1. The Balaban J connectivity index is 1.17. The summed E-state index contributed by atoms with van der Waals surface area (Å²) in [7, 11) is 0. The summed E-state index contributed by atoms with van der Waals surface area (Å²) < 4.78 is 45.0. The van der Waals surface area contributed by atoms with Crippen molar-refractivity contribution < 1.29 is 27.5 Å². The zero-order chi connectivity index (χ0) is 32.7. The fraction of sp³-hybridized carbons (Fsp3) is 0.500. The minimum atomic E-state index is -4.49. The average molecular weight is 639 g/mol. The molecule has 1 atom stereocenters. The van der Waals surface area contributed by atoms with Crippen LogP contribution < -0.4 is 15.5 Å². The number of benzene rings is 2. The molecule has 0 aromatic heterocycles. The Kier molecular flexibility index (Phi) is 10.9. The lowest BCUT2D eigenvalue weighted by atomic mass is 9.72. The van der Waals surface area contributed by atoms with Gasteiger partial charge < -0.3 is 25.2 Å². The van der Waals surface area contributed by atoms with Crippen LogP contribution in [0.3, 0.4) is 0 Å². The van der Waals surface area contributed by atoms with E-state index in [1.54, 1.807) is 0 Å². The van der Waals surface area contributed by atoms with Gasteiger partial charge in [0.15, 0.2) is 0 Å². The molecule has 10 heteroatoms. The van der Waals surface area contributed by atoms with Gasteiger partial charge in [-0.25, -0.2) is 0 Å². The van der Waals surface area contributed by atoms with Crippen molar-refractivity contribution >= 4 is 23.1 Å². The van der Waals surface area contributed by atoms with Gasteiger partial charge in [-0.05, 0) is 80.5 Å². The molecule has 5 rings (SSSR count). The first-order valence-electron chi connectivity index (χ1n) is 16.4. The van der Waals surface area contributed by atoms with Crippen LogP contribution >= 0.6 is 0 Å². The van der Waals surface area contributed by atoms with E-state index in [2.05, 4.69) is 20.4 Å². The summed E-state index contributed by atoms with van der Waals surface area (Å²) in [5, 5.41) is 5.46. The number of likely N-dealkylation sites (tertiary alicyclic amines) is 1. The largest absolute Gasteiger partial charge is 0.405 e. The van der Waals surface area contributed by atoms with Gasteiger partial charge in [-0.2, -0.15) is 13.2 Å². The van der Waals surface area contributed by atoms with E-state index in [4.69, 9.17) is 4.74 Å². The zero-order valence-corrected chi connectivity index (χ0v) is 26.8. The smallest absolute Gasteiger partial charge is 0.378 e. The van der Waals surface area contributed by atoms with Crippen molar-refractivity contribution in [3.63, 3.8) is 0 Å². The summed E-state index contributed by atoms with van der Waals surface area (Å²) in [6.45, 7) is 7.79. The van der Waals surface area contributed by atoms with E-state index >= 15 is 0 Å². The predicted molar refractivity (Wildman–Crippen MR) is 175 cm³/mol. The number of nitrogens with one attached hydrogen (secondary N) is 2. The highest BCUT2D eigenvalue weighted by Crippen LogP contribution is 2.50. The van der Waals surface area contributed by atoms with Crippen LogP contribution in [0, 0.1) is 0 Å². The van der Waals surface area contributed by atoms with Gasteiger partial charge in [0.05, 0.1) is 24.2 Å². The molecular formula is C36H45F3N4O3. The molecule has 2 amide bonds. The van der Waals surface area contributed by atoms with E-state index in [9.17, 15) is 22.8 Å². The van der Waals surface area contributed by atoms with Crippen LogP contribution in [0.25, 0.3) is 5.57 Å². The summed E-state index contributed by atoms with van der Waals surface area (Å²) in [5.74, 6) is -0.652. The lowest BCUT2D eigenvalue weighted by Gasteiger charge is -2.34. The van der Waals surface area contributed by atoms with Crippen molar-refractivity contribution in [2.75, 3.05) is 57.4 Å². The van der Waals surface area contributed by atoms with Gasteiger partial charge in [0, 0.05) is 37.9 Å². The Bertz CT molecular complexity index is 1440. The number of fused-ring (bicyclic) bond motifs is 1. The molecule has 7 nitrogen and oxygen atoms in total. The van der Waals surface area contributed by atoms with Crippen LogP contribution in [0.1, 0.15) is 67.4 Å². The lowest BCUT2D eigenvalue weighted by Crippen LogP contribution is -2.47. The number of piperidine rings is 1. The topological polar surface area (TPSA) is 73.9 Å². The van der Waals surface area contributed by atoms with Crippen molar-refractivity contribution in [1.29, 1.82) is 0 Å². The van der Waals surface area contributed by atoms with Crippen molar-refractivity contribution in [3.8, 4) is 0 Å². The maximum Gasteiger partial charge on any atom is 0.405 e. The van der Waals surface area contributed by atoms with Gasteiger partial charge in [-0.3, -0.25) is 9.59 Å². The van der Waals surface area contributed by atoms with Crippen LogP contribution in [0.4, 0.5) is 18.9 Å². The number of ether oxygens (including phenoxy) is 1. The second kappa shape index (κ2) is 14.9. The molecule has 2 heterocycles. The first-order valence-corrected chi connectivity index (χ1v) is 16.4. The van der Waals surface area contributed by atoms with E-state index in [-0.39, 0.29) is 11.9 Å². The molecule has 2 aromatic carbocycles. The molecule has 0 spiro atoms. The number of morpholine rings is 1. The number of unbranched alkanes of at least 4 members (excludes halogenated alkanes) is 1. The molecule has 3 aliphatic rings. The molecule has 248 valence electrons. The second-order valence-corrected chi connectivity index (χ2v) is 12.5. The maximum atomic E-state index is 13.7. The van der Waals surface area contributed by atoms with Crippen molar-refractivity contribution in [2.45, 2.75) is 63.6 Å². The number of carbonyl (C=O) groups excluding carboxylic acids is 2. The number of halogens is 3. The fourth-order valence-electron chi connectivity index (χ4n) is 7.22. The fourth-order valence-corrected chi connectivity index (χ4v) is 7.22. The number of hydrogen-bond donors (Lipinski definition) is 2. The average Bonchev–Trinajstić information content (AvgIpc) is 3.30. The first kappa shape index (κ1) is 33.7. The molecule has 1 unspecified atom stereocenters. The number of amides is 2. The molecule has 0 bridgehead atoms. The minimum absolute atomic E-state index is 0.0493. The minimum Gasteiger partial charge on any atom is -0.378 e. The van der Waals surface area contributed by atoms with Crippen molar-refractivity contribution in [3.05, 3.63) is 82.9 Å². The molecule has 2 saturated heterocycles. The summed E-state index contributed by atoms with van der Waals surface area (Å²) >= 11 is 0. The number of allylic oxidation sites excluding steroid dienone is 3. The molecule has 0 radical (unpaired) electrons. The highest BCUT2D eigenvalue weighted by Gasteiger charge is 2.49. The van der Waals surface area contributed by atoms with Crippen LogP contribution in [-0.2, 0) is 14.9 Å². The lowest BCUT2D eigenvalue weighted by molar-refractivity contribution is -0.141. The molecule has 46 heavy (non-hydrogen) atoms. The van der Waals surface area contributed by atoms with Gasteiger partial charge in [-0.15, -0.1) is 0 Å². The maximum absolute atomic E-state index is 13.7. The standard InChI is InChI=1S/C36H45F3N4O3/c1-3-10-30-26(2)28-11-4-6-13-31(28)35(30,34(45)40-25-36(37,38)39)17-8-9-18-42-19-15-27(16-20-42)41-33(44)29-12-5-7-14-32(29)43-21-23-46-24-22-43/h3-7,10-14,27H,8-9,15-25H2,1-2H3,(H,40,45)(H,41,44)/b10-3-. The summed E-state index contributed by atoms with van der Waals surface area (Å²) in [5.41, 5.74) is 3.83. The van der Waals surface area contributed by atoms with Gasteiger partial charge in [0.2, 0.25) is 5.91 Å². The molecule has 2 N–H and O–H groups in total. The van der Waals surface area contributed by atoms with Crippen molar-refractivity contribution in [2.24, 2.45) is 0 Å². The number of carbonyl (C=O) groups is 2. The molecule has 1 aliphatic carbocycles. The molecule has 2 fully saturated rings. The highest BCUT2D eigenvalue weighted by atomic mass is 19.4. The third-order valence-corrected chi connectivity index (χ3v) is 9.52. The summed E-state index contributed by atoms with van der Waals surface area (Å²) in [6, 6.07) is 15.4. The summed E-state index contributed by atoms with van der Waals surface area (Å²) in [6.07, 6.45) is 2.82. The molecule has 2 aliphatic heterocycles. The van der Waals surface area contributed by atoms with Gasteiger partial charge in [0.1, 0.15) is 6.54 Å². The molecule has 2 aromatic rings. The van der Waals surface area contributed by atoms with E-state index in [0.29, 0.717) is 31.6 Å². The van der Waals surface area contributed by atoms with Gasteiger partial charge in [0.25, 0.3) is 5.91 Å². The Morgan fingerprint density at radius 2 is 1.70 bits per heavy atom. The van der Waals surface area contributed by atoms with E-state index in [0.717, 1.165) is 79.9 Å². The molecule has 0 saturated carbocycles.